The third-order valence-corrected chi connectivity index (χ3v) is 5.11. The van der Waals surface area contributed by atoms with Gasteiger partial charge in [-0.1, -0.05) is 17.7 Å². The van der Waals surface area contributed by atoms with Crippen LogP contribution in [0, 0.1) is 18.3 Å². The van der Waals surface area contributed by atoms with E-state index in [1.807, 2.05) is 25.1 Å². The van der Waals surface area contributed by atoms with Gasteiger partial charge in [-0.25, -0.2) is 0 Å². The number of nitriles is 1. The minimum Gasteiger partial charge on any atom is -0.493 e. The normalized spacial score (nSPS) is 15.1. The zero-order valence-corrected chi connectivity index (χ0v) is 18.5. The first kappa shape index (κ1) is 21.5. The number of thiocarbonyl (C=S) groups is 1. The van der Waals surface area contributed by atoms with Crippen molar-refractivity contribution in [2.24, 2.45) is 0 Å². The SMILES string of the molecule is COc1cc(/C=C2\C(=O)NC(=S)N(c3ccc(C)cc3)C2=O)cc(Br)c1OCC#N. The Kier molecular flexibility index (Phi) is 6.50. The van der Waals surface area contributed by atoms with Gasteiger partial charge in [0.05, 0.1) is 17.3 Å². The minimum atomic E-state index is -0.590. The molecule has 1 heterocycles. The molecule has 2 aromatic rings. The highest BCUT2D eigenvalue weighted by molar-refractivity contribution is 9.10. The van der Waals surface area contributed by atoms with Crippen LogP contribution < -0.4 is 19.7 Å². The summed E-state index contributed by atoms with van der Waals surface area (Å²) in [5, 5.41) is 11.3. The Morgan fingerprint density at radius 2 is 1.97 bits per heavy atom. The number of rotatable bonds is 5. The van der Waals surface area contributed by atoms with E-state index in [0.29, 0.717) is 27.2 Å². The number of hydrogen-bond donors (Lipinski definition) is 1. The lowest BCUT2D eigenvalue weighted by molar-refractivity contribution is -0.122. The van der Waals surface area contributed by atoms with E-state index in [1.54, 1.807) is 24.3 Å². The van der Waals surface area contributed by atoms with Crippen LogP contribution in [0.4, 0.5) is 5.69 Å². The third kappa shape index (κ3) is 4.35. The second-order valence-corrected chi connectivity index (χ2v) is 7.52. The van der Waals surface area contributed by atoms with Gasteiger partial charge in [-0.3, -0.25) is 19.8 Å². The summed E-state index contributed by atoms with van der Waals surface area (Å²) in [6.07, 6.45) is 1.45. The monoisotopic (exact) mass is 485 g/mol. The van der Waals surface area contributed by atoms with Crippen LogP contribution >= 0.6 is 28.1 Å². The average molecular weight is 486 g/mol. The predicted octanol–water partition coefficient (Wildman–Crippen LogP) is 3.50. The van der Waals surface area contributed by atoms with E-state index in [-0.39, 0.29) is 17.3 Å². The number of nitrogens with one attached hydrogen (secondary N) is 1. The molecule has 1 aliphatic rings. The molecule has 0 radical (unpaired) electrons. The number of nitrogens with zero attached hydrogens (tertiary/aromatic N) is 2. The van der Waals surface area contributed by atoms with Gasteiger partial charge in [0.25, 0.3) is 11.8 Å². The van der Waals surface area contributed by atoms with Crippen molar-refractivity contribution in [3.05, 3.63) is 57.6 Å². The summed E-state index contributed by atoms with van der Waals surface area (Å²) in [5.41, 5.74) is 2.03. The highest BCUT2D eigenvalue weighted by Gasteiger charge is 2.34. The zero-order chi connectivity index (χ0) is 21.8. The van der Waals surface area contributed by atoms with Crippen molar-refractivity contribution < 1.29 is 19.1 Å². The van der Waals surface area contributed by atoms with Gasteiger partial charge in [-0.2, -0.15) is 5.26 Å². The molecule has 0 bridgehead atoms. The van der Waals surface area contributed by atoms with Crippen LogP contribution in [-0.2, 0) is 9.59 Å². The number of hydrogen-bond acceptors (Lipinski definition) is 6. The first-order valence-corrected chi connectivity index (χ1v) is 9.91. The van der Waals surface area contributed by atoms with Gasteiger partial charge in [0.2, 0.25) is 0 Å². The Hall–Kier alpha value is -3.22. The molecule has 30 heavy (non-hydrogen) atoms. The van der Waals surface area contributed by atoms with Crippen molar-refractivity contribution in [1.29, 1.82) is 5.26 Å². The Balaban J connectivity index is 2.01. The van der Waals surface area contributed by atoms with Crippen LogP contribution in [0.15, 0.2) is 46.4 Å². The van der Waals surface area contributed by atoms with Crippen molar-refractivity contribution in [3.8, 4) is 17.6 Å². The van der Waals surface area contributed by atoms with Gasteiger partial charge in [-0.15, -0.1) is 0 Å². The van der Waals surface area contributed by atoms with Crippen molar-refractivity contribution in [2.75, 3.05) is 18.6 Å². The van der Waals surface area contributed by atoms with E-state index in [0.717, 1.165) is 5.56 Å². The quantitative estimate of drug-likeness (QED) is 0.395. The smallest absolute Gasteiger partial charge is 0.270 e. The summed E-state index contributed by atoms with van der Waals surface area (Å²) in [4.78, 5) is 26.8. The summed E-state index contributed by atoms with van der Waals surface area (Å²) in [6, 6.07) is 12.4. The van der Waals surface area contributed by atoms with Crippen molar-refractivity contribution in [1.82, 2.24) is 5.32 Å². The van der Waals surface area contributed by atoms with Gasteiger partial charge in [0.1, 0.15) is 11.6 Å². The maximum absolute atomic E-state index is 13.1. The Morgan fingerprint density at radius 3 is 2.60 bits per heavy atom. The number of anilines is 1. The molecule has 7 nitrogen and oxygen atoms in total. The van der Waals surface area contributed by atoms with Crippen LogP contribution in [0.2, 0.25) is 0 Å². The van der Waals surface area contributed by atoms with Crippen molar-refractivity contribution in [2.45, 2.75) is 6.92 Å². The van der Waals surface area contributed by atoms with E-state index >= 15 is 0 Å². The molecule has 0 atom stereocenters. The van der Waals surface area contributed by atoms with Gasteiger partial charge < -0.3 is 9.47 Å². The highest BCUT2D eigenvalue weighted by Crippen LogP contribution is 2.37. The molecular weight excluding hydrogens is 470 g/mol. The lowest BCUT2D eigenvalue weighted by Gasteiger charge is -2.29. The summed E-state index contributed by atoms with van der Waals surface area (Å²) >= 11 is 8.58. The number of carbonyl (C=O) groups excluding carboxylic acids is 2. The van der Waals surface area contributed by atoms with Crippen molar-refractivity contribution in [3.63, 3.8) is 0 Å². The molecule has 2 amide bonds. The average Bonchev–Trinajstić information content (AvgIpc) is 2.71. The molecule has 152 valence electrons. The number of aryl methyl sites for hydroxylation is 1. The fourth-order valence-electron chi connectivity index (χ4n) is 2.82. The van der Waals surface area contributed by atoms with Gasteiger partial charge >= 0.3 is 0 Å². The van der Waals surface area contributed by atoms with Gasteiger partial charge in [0, 0.05) is 0 Å². The molecule has 0 unspecified atom stereocenters. The topological polar surface area (TPSA) is 91.7 Å². The second-order valence-electron chi connectivity index (χ2n) is 6.27. The molecule has 1 N–H and O–H groups in total. The molecule has 1 aliphatic heterocycles. The molecule has 0 spiro atoms. The van der Waals surface area contributed by atoms with Gasteiger partial charge in [-0.05, 0) is 71.0 Å². The Bertz CT molecular complexity index is 1110. The summed E-state index contributed by atoms with van der Waals surface area (Å²) in [5.74, 6) is -0.426. The van der Waals surface area contributed by atoms with E-state index in [2.05, 4.69) is 21.2 Å². The maximum Gasteiger partial charge on any atom is 0.270 e. The largest absolute Gasteiger partial charge is 0.493 e. The fraction of sp³-hybridized carbons (Fsp3) is 0.143. The zero-order valence-electron chi connectivity index (χ0n) is 16.1. The first-order valence-electron chi connectivity index (χ1n) is 8.71. The molecule has 0 saturated carbocycles. The number of methoxy groups -OCH3 is 1. The van der Waals surface area contributed by atoms with E-state index in [4.69, 9.17) is 27.0 Å². The molecule has 0 aliphatic carbocycles. The van der Waals surface area contributed by atoms with E-state index < -0.39 is 11.8 Å². The number of benzene rings is 2. The molecule has 2 aromatic carbocycles. The maximum atomic E-state index is 13.1. The molecule has 9 heteroatoms. The van der Waals surface area contributed by atoms with Crippen molar-refractivity contribution >= 4 is 56.8 Å². The van der Waals surface area contributed by atoms with Crippen LogP contribution in [0.5, 0.6) is 11.5 Å². The predicted molar refractivity (Wildman–Crippen MR) is 119 cm³/mol. The number of halogens is 1. The second kappa shape index (κ2) is 9.07. The fourth-order valence-corrected chi connectivity index (χ4v) is 3.68. The molecular formula is C21H16BrN3O4S. The Morgan fingerprint density at radius 1 is 1.27 bits per heavy atom. The highest BCUT2D eigenvalue weighted by atomic mass is 79.9. The summed E-state index contributed by atoms with van der Waals surface area (Å²) < 4.78 is 11.2. The molecule has 0 aromatic heterocycles. The number of ether oxygens (including phenoxy) is 2. The standard InChI is InChI=1S/C21H16BrN3O4S/c1-12-3-5-14(6-4-12)25-20(27)15(19(26)24-21(25)30)9-13-10-16(22)18(29-8-7-23)17(11-13)28-2/h3-6,9-11H,8H2,1-2H3,(H,24,26,30)/b15-9+. The lowest BCUT2D eigenvalue weighted by Crippen LogP contribution is -2.54. The Labute approximate surface area is 187 Å². The lowest BCUT2D eigenvalue weighted by atomic mass is 10.1. The van der Waals surface area contributed by atoms with Crippen LogP contribution in [-0.4, -0.2) is 30.6 Å². The summed E-state index contributed by atoms with van der Waals surface area (Å²) in [7, 11) is 1.45. The molecule has 1 fully saturated rings. The third-order valence-electron chi connectivity index (χ3n) is 4.24. The van der Waals surface area contributed by atoms with Crippen LogP contribution in [0.1, 0.15) is 11.1 Å². The van der Waals surface area contributed by atoms with E-state index in [9.17, 15) is 9.59 Å². The molecule has 3 rings (SSSR count). The number of amides is 2. The molecule has 1 saturated heterocycles. The van der Waals surface area contributed by atoms with Crippen LogP contribution in [0.25, 0.3) is 6.08 Å². The first-order chi connectivity index (χ1) is 14.3. The minimum absolute atomic E-state index is 0.0185. The van der Waals surface area contributed by atoms with Crippen LogP contribution in [0.3, 0.4) is 0 Å². The van der Waals surface area contributed by atoms with Gasteiger partial charge in [0.15, 0.2) is 23.2 Å². The van der Waals surface area contributed by atoms with E-state index in [1.165, 1.54) is 18.1 Å². The summed E-state index contributed by atoms with van der Waals surface area (Å²) in [6.45, 7) is 1.78. The number of carbonyl (C=O) groups is 2.